The number of amides is 2. The van der Waals surface area contributed by atoms with E-state index in [1.807, 2.05) is 85.9 Å². The van der Waals surface area contributed by atoms with Gasteiger partial charge in [0.2, 0.25) is 0 Å². The molecule has 4 nitrogen and oxygen atoms in total. The van der Waals surface area contributed by atoms with Crippen LogP contribution in [0.4, 0.5) is 5.69 Å². The average Bonchev–Trinajstić information content (AvgIpc) is 3.38. The predicted octanol–water partition coefficient (Wildman–Crippen LogP) is 7.77. The first-order valence-electron chi connectivity index (χ1n) is 12.7. The summed E-state index contributed by atoms with van der Waals surface area (Å²) in [4.78, 5) is 29.9. The smallest absolute Gasteiger partial charge is 0.266 e. The molecule has 0 N–H and O–H groups in total. The summed E-state index contributed by atoms with van der Waals surface area (Å²) < 4.78 is 2.18. The Bertz CT molecular complexity index is 1900. The fourth-order valence-electron chi connectivity index (χ4n) is 5.92. The van der Waals surface area contributed by atoms with E-state index in [1.54, 1.807) is 0 Å². The molecule has 0 unspecified atom stereocenters. The molecule has 6 aromatic rings. The van der Waals surface area contributed by atoms with Crippen LogP contribution in [0.2, 0.25) is 0 Å². The van der Waals surface area contributed by atoms with Crippen LogP contribution in [0.5, 0.6) is 0 Å². The maximum Gasteiger partial charge on any atom is 0.266 e. The molecular weight excluding hydrogens is 468 g/mol. The molecule has 0 saturated carbocycles. The minimum absolute atomic E-state index is 0.286. The Morgan fingerprint density at radius 3 is 1.76 bits per heavy atom. The second-order valence-corrected chi connectivity index (χ2v) is 9.82. The molecule has 7 rings (SSSR count). The van der Waals surface area contributed by atoms with Gasteiger partial charge >= 0.3 is 0 Å². The molecule has 0 spiro atoms. The Labute approximate surface area is 220 Å². The number of fused-ring (bicyclic) bond motifs is 5. The van der Waals surface area contributed by atoms with Crippen molar-refractivity contribution in [2.75, 3.05) is 4.90 Å². The third-order valence-electron chi connectivity index (χ3n) is 7.57. The van der Waals surface area contributed by atoms with Crippen LogP contribution in [0, 0.1) is 6.92 Å². The van der Waals surface area contributed by atoms with E-state index >= 15 is 0 Å². The fourth-order valence-corrected chi connectivity index (χ4v) is 5.92. The highest BCUT2D eigenvalue weighted by molar-refractivity contribution is 6.42. The summed E-state index contributed by atoms with van der Waals surface area (Å²) >= 11 is 0. The lowest BCUT2D eigenvalue weighted by Crippen LogP contribution is -2.29. The Kier molecular flexibility index (Phi) is 4.85. The molecule has 0 atom stereocenters. The number of aromatic nitrogens is 1. The van der Waals surface area contributed by atoms with Gasteiger partial charge < -0.3 is 4.57 Å². The van der Waals surface area contributed by atoms with E-state index in [0.29, 0.717) is 16.8 Å². The van der Waals surface area contributed by atoms with Crippen LogP contribution in [0.3, 0.4) is 0 Å². The summed E-state index contributed by atoms with van der Waals surface area (Å²) in [5.74, 6) is -0.579. The van der Waals surface area contributed by atoms with Gasteiger partial charge in [-0.15, -0.1) is 0 Å². The summed E-state index contributed by atoms with van der Waals surface area (Å²) in [6, 6.07) is 35.6. The van der Waals surface area contributed by atoms with Crippen molar-refractivity contribution in [3.8, 4) is 22.3 Å². The molecule has 0 radical (unpaired) electrons. The topological polar surface area (TPSA) is 42.3 Å². The van der Waals surface area contributed by atoms with Crippen LogP contribution in [-0.2, 0) is 7.05 Å². The monoisotopic (exact) mass is 492 g/mol. The van der Waals surface area contributed by atoms with Gasteiger partial charge in [0.15, 0.2) is 0 Å². The van der Waals surface area contributed by atoms with Crippen LogP contribution in [0.25, 0.3) is 44.1 Å². The number of benzene rings is 5. The molecular formula is C34H24N2O2. The van der Waals surface area contributed by atoms with Gasteiger partial charge in [-0.2, -0.15) is 0 Å². The number of carbonyl (C=O) groups is 2. The zero-order chi connectivity index (χ0) is 26.0. The highest BCUT2D eigenvalue weighted by Gasteiger charge is 2.43. The highest BCUT2D eigenvalue weighted by Crippen LogP contribution is 2.49. The van der Waals surface area contributed by atoms with E-state index in [2.05, 4.69) is 41.8 Å². The van der Waals surface area contributed by atoms with Gasteiger partial charge in [0.1, 0.15) is 0 Å². The van der Waals surface area contributed by atoms with Crippen molar-refractivity contribution in [3.63, 3.8) is 0 Å². The van der Waals surface area contributed by atoms with Gasteiger partial charge in [0, 0.05) is 34.5 Å². The number of rotatable bonds is 3. The van der Waals surface area contributed by atoms with Gasteiger partial charge in [-0.05, 0) is 41.8 Å². The summed E-state index contributed by atoms with van der Waals surface area (Å²) in [6.07, 6.45) is 0. The first-order valence-corrected chi connectivity index (χ1v) is 12.7. The van der Waals surface area contributed by atoms with Crippen molar-refractivity contribution in [1.82, 2.24) is 4.57 Å². The van der Waals surface area contributed by atoms with Crippen molar-refractivity contribution in [2.24, 2.45) is 7.05 Å². The second-order valence-electron chi connectivity index (χ2n) is 9.82. The van der Waals surface area contributed by atoms with Gasteiger partial charge in [-0.3, -0.25) is 9.59 Å². The zero-order valence-corrected chi connectivity index (χ0v) is 21.1. The summed E-state index contributed by atoms with van der Waals surface area (Å²) in [5, 5.41) is 1.80. The lowest BCUT2D eigenvalue weighted by Gasteiger charge is -2.17. The number of hydrogen-bond donors (Lipinski definition) is 0. The van der Waals surface area contributed by atoms with E-state index in [0.717, 1.165) is 49.6 Å². The maximum atomic E-state index is 14.3. The molecule has 0 fully saturated rings. The first kappa shape index (κ1) is 22.3. The summed E-state index contributed by atoms with van der Waals surface area (Å²) in [5.41, 5.74) is 8.28. The number of anilines is 1. The van der Waals surface area contributed by atoms with Crippen molar-refractivity contribution >= 4 is 39.3 Å². The minimum atomic E-state index is -0.293. The standard InChI is InChI=1S/C34H24N2O2/c1-21-18-19-25-26(20-21)35(2)32-28(23-14-8-4-9-15-23)27(22-12-6-3-7-13-22)30-31(29(25)32)34(38)36(33(30)37)24-16-10-5-11-17-24/h3-20H,1-2H3. The molecule has 4 heteroatoms. The predicted molar refractivity (Wildman–Crippen MR) is 154 cm³/mol. The van der Waals surface area contributed by atoms with Crippen LogP contribution < -0.4 is 4.90 Å². The molecule has 1 aliphatic heterocycles. The zero-order valence-electron chi connectivity index (χ0n) is 21.1. The van der Waals surface area contributed by atoms with Crippen LogP contribution in [0.15, 0.2) is 109 Å². The molecule has 0 bridgehead atoms. The fraction of sp³-hybridized carbons (Fsp3) is 0.0588. The van der Waals surface area contributed by atoms with Gasteiger partial charge in [-0.25, -0.2) is 4.90 Å². The van der Waals surface area contributed by atoms with Gasteiger partial charge in [0.25, 0.3) is 11.8 Å². The molecule has 0 aliphatic carbocycles. The van der Waals surface area contributed by atoms with E-state index in [1.165, 1.54) is 4.90 Å². The Balaban J connectivity index is 1.74. The quantitative estimate of drug-likeness (QED) is 0.237. The van der Waals surface area contributed by atoms with Crippen LogP contribution >= 0.6 is 0 Å². The minimum Gasteiger partial charge on any atom is -0.343 e. The van der Waals surface area contributed by atoms with E-state index in [9.17, 15) is 9.59 Å². The number of nitrogens with zero attached hydrogens (tertiary/aromatic N) is 2. The number of carbonyl (C=O) groups excluding carboxylic acids is 2. The van der Waals surface area contributed by atoms with Crippen molar-refractivity contribution in [3.05, 3.63) is 126 Å². The third kappa shape index (κ3) is 3.04. The molecule has 2 amide bonds. The van der Waals surface area contributed by atoms with Crippen LogP contribution in [-0.4, -0.2) is 16.4 Å². The Morgan fingerprint density at radius 2 is 1.13 bits per heavy atom. The van der Waals surface area contributed by atoms with Gasteiger partial charge in [0.05, 0.1) is 22.3 Å². The normalized spacial score (nSPS) is 13.1. The molecule has 0 saturated heterocycles. The highest BCUT2D eigenvalue weighted by atomic mass is 16.2. The van der Waals surface area contributed by atoms with Crippen LogP contribution in [0.1, 0.15) is 26.3 Å². The van der Waals surface area contributed by atoms with Crippen molar-refractivity contribution in [2.45, 2.75) is 6.92 Å². The maximum absolute atomic E-state index is 14.3. The van der Waals surface area contributed by atoms with E-state index < -0.39 is 0 Å². The number of hydrogen-bond acceptors (Lipinski definition) is 2. The summed E-state index contributed by atoms with van der Waals surface area (Å²) in [6.45, 7) is 2.07. The third-order valence-corrected chi connectivity index (χ3v) is 7.57. The summed E-state index contributed by atoms with van der Waals surface area (Å²) in [7, 11) is 2.05. The molecule has 2 heterocycles. The average molecular weight is 493 g/mol. The molecule has 38 heavy (non-hydrogen) atoms. The van der Waals surface area contributed by atoms with Crippen molar-refractivity contribution < 1.29 is 9.59 Å². The van der Waals surface area contributed by atoms with Gasteiger partial charge in [-0.1, -0.05) is 91.0 Å². The largest absolute Gasteiger partial charge is 0.343 e. The number of aryl methyl sites for hydroxylation is 2. The van der Waals surface area contributed by atoms with E-state index in [-0.39, 0.29) is 11.8 Å². The Hall–Kier alpha value is -4.96. The lowest BCUT2D eigenvalue weighted by atomic mass is 9.85. The second kappa shape index (κ2) is 8.29. The lowest BCUT2D eigenvalue weighted by molar-refractivity contribution is 0.0927. The molecule has 1 aliphatic rings. The SMILES string of the molecule is Cc1ccc2c3c4c(c(-c5ccccc5)c(-c5ccccc5)c3n(C)c2c1)C(=O)N(c1ccccc1)C4=O. The molecule has 182 valence electrons. The number of imide groups is 1. The molecule has 5 aromatic carbocycles. The molecule has 1 aromatic heterocycles. The van der Waals surface area contributed by atoms with E-state index in [4.69, 9.17) is 0 Å². The van der Waals surface area contributed by atoms with Crippen molar-refractivity contribution in [1.29, 1.82) is 0 Å². The first-order chi connectivity index (χ1) is 18.6. The Morgan fingerprint density at radius 1 is 0.579 bits per heavy atom. The number of para-hydroxylation sites is 1.